The summed E-state index contributed by atoms with van der Waals surface area (Å²) in [7, 11) is 0. The van der Waals surface area contributed by atoms with Crippen LogP contribution in [0.3, 0.4) is 0 Å². The van der Waals surface area contributed by atoms with Crippen LogP contribution >= 0.6 is 0 Å². The van der Waals surface area contributed by atoms with E-state index in [9.17, 15) is 0 Å². The highest BCUT2D eigenvalue weighted by atomic mass is 14.9. The van der Waals surface area contributed by atoms with E-state index in [1.54, 1.807) is 5.56 Å². The largest absolute Gasteiger partial charge is 0.385 e. The highest BCUT2D eigenvalue weighted by Crippen LogP contribution is 2.45. The molecule has 1 aromatic carbocycles. The number of rotatable bonds is 13. The number of anilines is 1. The van der Waals surface area contributed by atoms with Crippen LogP contribution in [0.2, 0.25) is 0 Å². The molecule has 154 valence electrons. The van der Waals surface area contributed by atoms with Gasteiger partial charge in [-0.2, -0.15) is 0 Å². The Morgan fingerprint density at radius 2 is 1.48 bits per heavy atom. The van der Waals surface area contributed by atoms with Gasteiger partial charge in [0.15, 0.2) is 0 Å². The maximum absolute atomic E-state index is 3.61. The van der Waals surface area contributed by atoms with Crippen LogP contribution in [0.25, 0.3) is 0 Å². The normalized spacial score (nSPS) is 16.4. The lowest BCUT2D eigenvalue weighted by atomic mass is 9.65. The minimum atomic E-state index is 0.466. The molecule has 1 N–H and O–H groups in total. The summed E-state index contributed by atoms with van der Waals surface area (Å²) in [5, 5.41) is 3.61. The molecule has 1 heteroatoms. The Balaban J connectivity index is 1.95. The van der Waals surface area contributed by atoms with Gasteiger partial charge >= 0.3 is 0 Å². The van der Waals surface area contributed by atoms with Crippen LogP contribution < -0.4 is 5.32 Å². The summed E-state index contributed by atoms with van der Waals surface area (Å²) in [5.74, 6) is 0. The molecule has 0 aliphatic heterocycles. The average Bonchev–Trinajstić information content (AvgIpc) is 2.68. The predicted molar refractivity (Wildman–Crippen MR) is 122 cm³/mol. The van der Waals surface area contributed by atoms with Crippen molar-refractivity contribution in [3.05, 3.63) is 29.3 Å². The van der Waals surface area contributed by atoms with Gasteiger partial charge in [0.05, 0.1) is 0 Å². The van der Waals surface area contributed by atoms with Crippen LogP contribution in [0.5, 0.6) is 0 Å². The monoisotopic (exact) mass is 371 g/mol. The molecule has 0 heterocycles. The Morgan fingerprint density at radius 1 is 0.815 bits per heavy atom. The van der Waals surface area contributed by atoms with Crippen molar-refractivity contribution in [3.63, 3.8) is 0 Å². The number of benzene rings is 1. The zero-order valence-corrected chi connectivity index (χ0v) is 18.5. The van der Waals surface area contributed by atoms with Crippen LogP contribution in [0.4, 0.5) is 5.69 Å². The van der Waals surface area contributed by atoms with E-state index in [-0.39, 0.29) is 0 Å². The fraction of sp³-hybridized carbons (Fsp3) is 0.769. The first-order valence-corrected chi connectivity index (χ1v) is 12.1. The van der Waals surface area contributed by atoms with Crippen molar-refractivity contribution in [1.82, 2.24) is 0 Å². The van der Waals surface area contributed by atoms with Crippen molar-refractivity contribution < 1.29 is 0 Å². The Bertz CT molecular complexity index is 513. The molecule has 0 spiro atoms. The minimum absolute atomic E-state index is 0.466. The second-order valence-corrected chi connectivity index (χ2v) is 9.02. The Morgan fingerprint density at radius 3 is 2.15 bits per heavy atom. The zero-order chi connectivity index (χ0) is 19.4. The van der Waals surface area contributed by atoms with Crippen molar-refractivity contribution in [2.45, 2.75) is 122 Å². The van der Waals surface area contributed by atoms with E-state index in [4.69, 9.17) is 0 Å². The lowest BCUT2D eigenvalue weighted by Gasteiger charge is -2.39. The molecule has 0 bridgehead atoms. The second-order valence-electron chi connectivity index (χ2n) is 9.02. The van der Waals surface area contributed by atoms with Crippen molar-refractivity contribution in [2.75, 3.05) is 11.9 Å². The summed E-state index contributed by atoms with van der Waals surface area (Å²) in [5.41, 5.74) is 4.95. The number of nitrogens with one attached hydrogen (secondary N) is 1. The molecule has 2 rings (SSSR count). The third-order valence-corrected chi connectivity index (χ3v) is 6.73. The molecule has 1 fully saturated rings. The average molecular weight is 372 g/mol. The summed E-state index contributed by atoms with van der Waals surface area (Å²) < 4.78 is 0. The lowest BCUT2D eigenvalue weighted by molar-refractivity contribution is 0.264. The van der Waals surface area contributed by atoms with Gasteiger partial charge in [-0.15, -0.1) is 0 Å². The molecular weight excluding hydrogens is 326 g/mol. The number of aryl methyl sites for hydroxylation is 1. The van der Waals surface area contributed by atoms with Gasteiger partial charge in [0.2, 0.25) is 0 Å². The molecule has 0 aromatic heterocycles. The SMILES string of the molecule is CCCCCCCCCC1(c2ccc(NCCCC)cc2C)CCCCC1. The van der Waals surface area contributed by atoms with Crippen molar-refractivity contribution in [1.29, 1.82) is 0 Å². The van der Waals surface area contributed by atoms with E-state index in [1.807, 2.05) is 0 Å². The molecule has 0 atom stereocenters. The summed E-state index contributed by atoms with van der Waals surface area (Å²) in [4.78, 5) is 0. The lowest BCUT2D eigenvalue weighted by Crippen LogP contribution is -2.30. The Kier molecular flexibility index (Phi) is 10.3. The van der Waals surface area contributed by atoms with Crippen LogP contribution in [-0.4, -0.2) is 6.54 Å². The number of hydrogen-bond acceptors (Lipinski definition) is 1. The summed E-state index contributed by atoms with van der Waals surface area (Å²) in [6.07, 6.45) is 21.0. The van der Waals surface area contributed by atoms with E-state index >= 15 is 0 Å². The molecule has 1 aliphatic rings. The first-order chi connectivity index (χ1) is 13.2. The standard InChI is InChI=1S/C26H45N/c1-4-6-8-9-10-11-13-18-26(19-14-12-15-20-26)25-17-16-24(22-23(25)3)27-21-7-5-2/h16-17,22,27H,4-15,18-21H2,1-3H3. The minimum Gasteiger partial charge on any atom is -0.385 e. The number of unbranched alkanes of at least 4 members (excludes halogenated alkanes) is 7. The summed E-state index contributed by atoms with van der Waals surface area (Å²) in [6, 6.07) is 7.22. The van der Waals surface area contributed by atoms with Crippen LogP contribution in [-0.2, 0) is 5.41 Å². The Labute approximate surface area is 169 Å². The van der Waals surface area contributed by atoms with Crippen LogP contribution in [0.15, 0.2) is 18.2 Å². The quantitative estimate of drug-likeness (QED) is 0.342. The van der Waals surface area contributed by atoms with E-state index in [0.717, 1.165) is 6.54 Å². The molecule has 1 aromatic rings. The predicted octanol–water partition coefficient (Wildman–Crippen LogP) is 8.55. The molecule has 1 saturated carbocycles. The number of hydrogen-bond donors (Lipinski definition) is 1. The molecule has 1 aliphatic carbocycles. The third-order valence-electron chi connectivity index (χ3n) is 6.73. The molecule has 0 saturated heterocycles. The van der Waals surface area contributed by atoms with Gasteiger partial charge in [0, 0.05) is 12.2 Å². The maximum Gasteiger partial charge on any atom is 0.0343 e. The van der Waals surface area contributed by atoms with Crippen LogP contribution in [0, 0.1) is 6.92 Å². The van der Waals surface area contributed by atoms with E-state index in [2.05, 4.69) is 44.3 Å². The van der Waals surface area contributed by atoms with Gasteiger partial charge in [0.25, 0.3) is 0 Å². The van der Waals surface area contributed by atoms with E-state index < -0.39 is 0 Å². The van der Waals surface area contributed by atoms with Gasteiger partial charge in [-0.1, -0.05) is 90.5 Å². The van der Waals surface area contributed by atoms with Crippen molar-refractivity contribution >= 4 is 5.69 Å². The zero-order valence-electron chi connectivity index (χ0n) is 18.5. The molecule has 1 nitrogen and oxygen atoms in total. The first kappa shape index (κ1) is 22.3. The fourth-order valence-electron chi connectivity index (χ4n) is 5.08. The van der Waals surface area contributed by atoms with Crippen molar-refractivity contribution in [3.8, 4) is 0 Å². The first-order valence-electron chi connectivity index (χ1n) is 12.1. The van der Waals surface area contributed by atoms with Gasteiger partial charge in [0.1, 0.15) is 0 Å². The molecule has 27 heavy (non-hydrogen) atoms. The smallest absolute Gasteiger partial charge is 0.0343 e. The Hall–Kier alpha value is -0.980. The summed E-state index contributed by atoms with van der Waals surface area (Å²) in [6.45, 7) is 8.01. The molecule has 0 radical (unpaired) electrons. The summed E-state index contributed by atoms with van der Waals surface area (Å²) >= 11 is 0. The maximum atomic E-state index is 3.61. The molecular formula is C26H45N. The van der Waals surface area contributed by atoms with Gasteiger partial charge in [-0.25, -0.2) is 0 Å². The highest BCUT2D eigenvalue weighted by molar-refractivity contribution is 5.50. The molecule has 0 unspecified atom stereocenters. The van der Waals surface area contributed by atoms with Gasteiger partial charge in [-0.05, 0) is 61.3 Å². The third kappa shape index (κ3) is 7.16. The van der Waals surface area contributed by atoms with Crippen molar-refractivity contribution in [2.24, 2.45) is 0 Å². The van der Waals surface area contributed by atoms with Crippen LogP contribution in [0.1, 0.15) is 121 Å². The molecule has 0 amide bonds. The highest BCUT2D eigenvalue weighted by Gasteiger charge is 2.34. The fourth-order valence-corrected chi connectivity index (χ4v) is 5.08. The van der Waals surface area contributed by atoms with Gasteiger partial charge in [-0.3, -0.25) is 0 Å². The van der Waals surface area contributed by atoms with Gasteiger partial charge < -0.3 is 5.32 Å². The topological polar surface area (TPSA) is 12.0 Å². The van der Waals surface area contributed by atoms with E-state index in [0.29, 0.717) is 5.41 Å². The second kappa shape index (κ2) is 12.5. The van der Waals surface area contributed by atoms with E-state index in [1.165, 1.54) is 108 Å².